The van der Waals surface area contributed by atoms with Gasteiger partial charge in [-0.1, -0.05) is 5.16 Å². The maximum Gasteiger partial charge on any atom is 0.241 e. The Balaban J connectivity index is 1.71. The smallest absolute Gasteiger partial charge is 0.241 e. The van der Waals surface area contributed by atoms with Gasteiger partial charge in [0.25, 0.3) is 0 Å². The van der Waals surface area contributed by atoms with Gasteiger partial charge in [-0.05, 0) is 38.1 Å². The summed E-state index contributed by atoms with van der Waals surface area (Å²) in [6, 6.07) is 6.38. The van der Waals surface area contributed by atoms with Crippen LogP contribution in [0.1, 0.15) is 19.7 Å². The van der Waals surface area contributed by atoms with Crippen LogP contribution in [-0.2, 0) is 11.3 Å². The van der Waals surface area contributed by atoms with Crippen LogP contribution in [0.2, 0.25) is 0 Å². The molecule has 0 radical (unpaired) electrons. The molecule has 1 aromatic carbocycles. The fourth-order valence-corrected chi connectivity index (χ4v) is 2.40. The molecule has 1 aromatic heterocycles. The van der Waals surface area contributed by atoms with E-state index in [0.29, 0.717) is 30.9 Å². The van der Waals surface area contributed by atoms with Gasteiger partial charge in [-0.3, -0.25) is 4.90 Å². The number of rotatable bonds is 3. The molecule has 21 heavy (non-hydrogen) atoms. The molecule has 6 heteroatoms. The lowest BCUT2D eigenvalue weighted by molar-refractivity contribution is -0.0555. The standard InChI is InChI=1S/C15H18FN3O2/c1-10-9-20-11(2)7-19(10)8-14-17-15(18-21-14)12-3-5-13(16)6-4-12/h3-6,10-11H,7-9H2,1-2H3/t10-,11+/m1/s1. The number of morpholine rings is 1. The van der Waals surface area contributed by atoms with Crippen molar-refractivity contribution < 1.29 is 13.7 Å². The monoisotopic (exact) mass is 291 g/mol. The highest BCUT2D eigenvalue weighted by molar-refractivity contribution is 5.53. The predicted octanol–water partition coefficient (Wildman–Crippen LogP) is 2.48. The van der Waals surface area contributed by atoms with Crippen LogP contribution in [0.5, 0.6) is 0 Å². The van der Waals surface area contributed by atoms with Gasteiger partial charge in [0.15, 0.2) is 0 Å². The third-order valence-electron chi connectivity index (χ3n) is 3.65. The number of ether oxygens (including phenoxy) is 1. The molecule has 112 valence electrons. The average Bonchev–Trinajstić information content (AvgIpc) is 2.92. The van der Waals surface area contributed by atoms with Crippen molar-refractivity contribution in [3.63, 3.8) is 0 Å². The van der Waals surface area contributed by atoms with Crippen molar-refractivity contribution in [1.82, 2.24) is 15.0 Å². The Morgan fingerprint density at radius 1 is 1.29 bits per heavy atom. The third kappa shape index (κ3) is 3.28. The topological polar surface area (TPSA) is 51.4 Å². The Bertz CT molecular complexity index is 599. The van der Waals surface area contributed by atoms with Crippen molar-refractivity contribution in [1.29, 1.82) is 0 Å². The second kappa shape index (κ2) is 5.91. The van der Waals surface area contributed by atoms with Gasteiger partial charge in [-0.15, -0.1) is 0 Å². The maximum absolute atomic E-state index is 12.9. The summed E-state index contributed by atoms with van der Waals surface area (Å²) in [5.74, 6) is 0.771. The molecule has 0 bridgehead atoms. The van der Waals surface area contributed by atoms with E-state index < -0.39 is 0 Å². The summed E-state index contributed by atoms with van der Waals surface area (Å²) in [5, 5.41) is 3.96. The van der Waals surface area contributed by atoms with E-state index in [1.54, 1.807) is 12.1 Å². The van der Waals surface area contributed by atoms with Gasteiger partial charge >= 0.3 is 0 Å². The van der Waals surface area contributed by atoms with Gasteiger partial charge in [-0.25, -0.2) is 4.39 Å². The van der Waals surface area contributed by atoms with E-state index in [0.717, 1.165) is 12.1 Å². The minimum absolute atomic E-state index is 0.209. The van der Waals surface area contributed by atoms with Crippen LogP contribution < -0.4 is 0 Å². The SMILES string of the molecule is C[C@@H]1CO[C@@H](C)CN1Cc1nc(-c2ccc(F)cc2)no1. The summed E-state index contributed by atoms with van der Waals surface area (Å²) in [7, 11) is 0. The van der Waals surface area contributed by atoms with E-state index in [9.17, 15) is 4.39 Å². The zero-order chi connectivity index (χ0) is 14.8. The molecular weight excluding hydrogens is 273 g/mol. The highest BCUT2D eigenvalue weighted by atomic mass is 19.1. The lowest BCUT2D eigenvalue weighted by Gasteiger charge is -2.35. The molecule has 1 aliphatic heterocycles. The highest BCUT2D eigenvalue weighted by Crippen LogP contribution is 2.19. The number of benzene rings is 1. The first-order valence-corrected chi connectivity index (χ1v) is 7.06. The Morgan fingerprint density at radius 2 is 2.05 bits per heavy atom. The number of nitrogens with zero attached hydrogens (tertiary/aromatic N) is 3. The van der Waals surface area contributed by atoms with Crippen molar-refractivity contribution in [2.75, 3.05) is 13.2 Å². The van der Waals surface area contributed by atoms with E-state index in [2.05, 4.69) is 28.9 Å². The molecule has 2 heterocycles. The lowest BCUT2D eigenvalue weighted by atomic mass is 10.2. The first-order chi connectivity index (χ1) is 10.1. The molecule has 3 rings (SSSR count). The summed E-state index contributed by atoms with van der Waals surface area (Å²) in [6.07, 6.45) is 0.209. The fraction of sp³-hybridized carbons (Fsp3) is 0.467. The van der Waals surface area contributed by atoms with Crippen LogP contribution in [0.15, 0.2) is 28.8 Å². The second-order valence-corrected chi connectivity index (χ2v) is 5.44. The molecule has 0 saturated carbocycles. The molecule has 1 saturated heterocycles. The Morgan fingerprint density at radius 3 is 2.81 bits per heavy atom. The van der Waals surface area contributed by atoms with Crippen LogP contribution in [-0.4, -0.2) is 40.3 Å². The predicted molar refractivity (Wildman–Crippen MR) is 75.0 cm³/mol. The molecule has 0 aliphatic carbocycles. The maximum atomic E-state index is 12.9. The summed E-state index contributed by atoms with van der Waals surface area (Å²) < 4.78 is 23.8. The molecule has 0 unspecified atom stereocenters. The van der Waals surface area contributed by atoms with Crippen molar-refractivity contribution in [2.45, 2.75) is 32.5 Å². The van der Waals surface area contributed by atoms with Gasteiger partial charge in [0, 0.05) is 18.2 Å². The first kappa shape index (κ1) is 14.2. The van der Waals surface area contributed by atoms with E-state index in [1.807, 2.05) is 0 Å². The van der Waals surface area contributed by atoms with Gasteiger partial charge in [0.2, 0.25) is 11.7 Å². The highest BCUT2D eigenvalue weighted by Gasteiger charge is 2.25. The third-order valence-corrected chi connectivity index (χ3v) is 3.65. The van der Waals surface area contributed by atoms with Crippen LogP contribution >= 0.6 is 0 Å². The van der Waals surface area contributed by atoms with Gasteiger partial charge in [-0.2, -0.15) is 4.98 Å². The molecule has 0 spiro atoms. The average molecular weight is 291 g/mol. The lowest BCUT2D eigenvalue weighted by Crippen LogP contribution is -2.46. The summed E-state index contributed by atoms with van der Waals surface area (Å²) in [6.45, 7) is 6.32. The molecule has 1 aliphatic rings. The van der Waals surface area contributed by atoms with E-state index in [4.69, 9.17) is 9.26 Å². The summed E-state index contributed by atoms with van der Waals surface area (Å²) in [4.78, 5) is 6.64. The van der Waals surface area contributed by atoms with Gasteiger partial charge < -0.3 is 9.26 Å². The zero-order valence-corrected chi connectivity index (χ0v) is 12.1. The Labute approximate surface area is 122 Å². The Hall–Kier alpha value is -1.79. The molecule has 0 amide bonds. The van der Waals surface area contributed by atoms with Crippen molar-refractivity contribution >= 4 is 0 Å². The minimum Gasteiger partial charge on any atom is -0.376 e. The van der Waals surface area contributed by atoms with Crippen LogP contribution in [0, 0.1) is 5.82 Å². The van der Waals surface area contributed by atoms with Crippen LogP contribution in [0.25, 0.3) is 11.4 Å². The molecule has 2 atom stereocenters. The number of hydrogen-bond donors (Lipinski definition) is 0. The van der Waals surface area contributed by atoms with E-state index in [-0.39, 0.29) is 11.9 Å². The largest absolute Gasteiger partial charge is 0.376 e. The number of aromatic nitrogens is 2. The fourth-order valence-electron chi connectivity index (χ4n) is 2.40. The molecule has 5 nitrogen and oxygen atoms in total. The molecular formula is C15H18FN3O2. The van der Waals surface area contributed by atoms with Crippen molar-refractivity contribution in [3.8, 4) is 11.4 Å². The van der Waals surface area contributed by atoms with E-state index >= 15 is 0 Å². The number of hydrogen-bond acceptors (Lipinski definition) is 5. The van der Waals surface area contributed by atoms with Crippen molar-refractivity contribution in [3.05, 3.63) is 36.0 Å². The van der Waals surface area contributed by atoms with Gasteiger partial charge in [0.05, 0.1) is 19.3 Å². The quantitative estimate of drug-likeness (QED) is 0.869. The molecule has 0 N–H and O–H groups in total. The molecule has 1 fully saturated rings. The molecule has 2 aromatic rings. The Kier molecular flexibility index (Phi) is 3.98. The van der Waals surface area contributed by atoms with Crippen molar-refractivity contribution in [2.24, 2.45) is 0 Å². The van der Waals surface area contributed by atoms with Gasteiger partial charge in [0.1, 0.15) is 5.82 Å². The minimum atomic E-state index is -0.279. The van der Waals surface area contributed by atoms with Crippen LogP contribution in [0.3, 0.4) is 0 Å². The van der Waals surface area contributed by atoms with E-state index in [1.165, 1.54) is 12.1 Å². The summed E-state index contributed by atoms with van der Waals surface area (Å²) in [5.41, 5.74) is 0.745. The number of halogens is 1. The zero-order valence-electron chi connectivity index (χ0n) is 12.1. The second-order valence-electron chi connectivity index (χ2n) is 5.44. The normalized spacial score (nSPS) is 23.4. The summed E-state index contributed by atoms with van der Waals surface area (Å²) >= 11 is 0. The first-order valence-electron chi connectivity index (χ1n) is 7.06. The van der Waals surface area contributed by atoms with Crippen LogP contribution in [0.4, 0.5) is 4.39 Å².